The van der Waals surface area contributed by atoms with Gasteiger partial charge in [0.25, 0.3) is 0 Å². The van der Waals surface area contributed by atoms with Crippen LogP contribution in [-0.2, 0) is 0 Å². The first-order valence-electron chi connectivity index (χ1n) is 11.3. The minimum absolute atomic E-state index is 0.358. The van der Waals surface area contributed by atoms with Gasteiger partial charge >= 0.3 is 0 Å². The number of piperidine rings is 1. The number of rotatable bonds is 2. The van der Waals surface area contributed by atoms with Gasteiger partial charge in [0, 0.05) is 50.3 Å². The monoisotopic (exact) mass is 361 g/mol. The molecule has 0 bridgehead atoms. The second kappa shape index (κ2) is 6.74. The van der Waals surface area contributed by atoms with Crippen molar-refractivity contribution in [3.05, 3.63) is 0 Å². The number of nitrogens with zero attached hydrogens (tertiary/aromatic N) is 3. The highest BCUT2D eigenvalue weighted by Crippen LogP contribution is 2.43. The van der Waals surface area contributed by atoms with Crippen molar-refractivity contribution < 1.29 is 0 Å². The molecule has 0 radical (unpaired) electrons. The van der Waals surface area contributed by atoms with Gasteiger partial charge in [0.1, 0.15) is 0 Å². The van der Waals surface area contributed by atoms with Gasteiger partial charge in [-0.15, -0.1) is 0 Å². The zero-order chi connectivity index (χ0) is 18.7. The second-order valence-corrected chi connectivity index (χ2v) is 12.0. The van der Waals surface area contributed by atoms with Crippen molar-refractivity contribution in [3.8, 4) is 0 Å². The molecule has 26 heavy (non-hydrogen) atoms. The van der Waals surface area contributed by atoms with E-state index in [1.165, 1.54) is 65.0 Å². The Bertz CT molecular complexity index is 483. The fraction of sp³-hybridized carbons (Fsp3) is 1.00. The molecule has 150 valence electrons. The Labute approximate surface area is 162 Å². The predicted molar refractivity (Wildman–Crippen MR) is 110 cm³/mol. The number of fused-ring (bicyclic) bond motifs is 1. The van der Waals surface area contributed by atoms with Crippen LogP contribution in [0.15, 0.2) is 0 Å². The lowest BCUT2D eigenvalue weighted by molar-refractivity contribution is -0.0357. The molecule has 0 aromatic rings. The zero-order valence-corrected chi connectivity index (χ0v) is 18.3. The molecule has 0 aromatic heterocycles. The molecular weight excluding hydrogens is 318 g/mol. The molecule has 4 aliphatic rings. The van der Waals surface area contributed by atoms with E-state index in [0.717, 1.165) is 29.8 Å². The van der Waals surface area contributed by atoms with Gasteiger partial charge in [-0.05, 0) is 76.2 Å². The largest absolute Gasteiger partial charge is 0.299 e. The molecule has 3 nitrogen and oxygen atoms in total. The van der Waals surface area contributed by atoms with Crippen molar-refractivity contribution >= 4 is 0 Å². The first-order valence-corrected chi connectivity index (χ1v) is 11.3. The number of likely N-dealkylation sites (tertiary alicyclic amines) is 3. The van der Waals surface area contributed by atoms with Crippen molar-refractivity contribution in [1.29, 1.82) is 0 Å². The maximum absolute atomic E-state index is 2.90. The van der Waals surface area contributed by atoms with E-state index in [4.69, 9.17) is 0 Å². The normalized spacial score (nSPS) is 38.5. The summed E-state index contributed by atoms with van der Waals surface area (Å²) >= 11 is 0. The summed E-state index contributed by atoms with van der Waals surface area (Å²) < 4.78 is 0. The van der Waals surface area contributed by atoms with Crippen LogP contribution in [0.4, 0.5) is 0 Å². The lowest BCUT2D eigenvalue weighted by Crippen LogP contribution is -2.60. The van der Waals surface area contributed by atoms with E-state index < -0.39 is 0 Å². The van der Waals surface area contributed by atoms with E-state index in [1.807, 2.05) is 0 Å². The molecule has 3 aliphatic heterocycles. The van der Waals surface area contributed by atoms with Crippen molar-refractivity contribution in [2.24, 2.45) is 23.2 Å². The van der Waals surface area contributed by atoms with Gasteiger partial charge in [-0.3, -0.25) is 14.7 Å². The average molecular weight is 362 g/mol. The van der Waals surface area contributed by atoms with Crippen LogP contribution >= 0.6 is 0 Å². The molecule has 3 saturated heterocycles. The Balaban J connectivity index is 1.28. The molecule has 4 fully saturated rings. The van der Waals surface area contributed by atoms with E-state index in [9.17, 15) is 0 Å². The van der Waals surface area contributed by atoms with E-state index in [-0.39, 0.29) is 0 Å². The summed E-state index contributed by atoms with van der Waals surface area (Å²) in [7, 11) is 0. The van der Waals surface area contributed by atoms with Gasteiger partial charge in [-0.25, -0.2) is 0 Å². The van der Waals surface area contributed by atoms with Crippen LogP contribution in [0, 0.1) is 23.2 Å². The highest BCUT2D eigenvalue weighted by molar-refractivity contribution is 5.00. The third-order valence-corrected chi connectivity index (χ3v) is 8.27. The fourth-order valence-electron chi connectivity index (χ4n) is 6.09. The summed E-state index contributed by atoms with van der Waals surface area (Å²) in [6.07, 6.45) is 5.79. The minimum atomic E-state index is 0.358. The maximum atomic E-state index is 2.90. The Morgan fingerprint density at radius 1 is 0.692 bits per heavy atom. The van der Waals surface area contributed by atoms with Crippen LogP contribution in [0.3, 0.4) is 0 Å². The summed E-state index contributed by atoms with van der Waals surface area (Å²) in [5.41, 5.74) is 0.851. The van der Waals surface area contributed by atoms with Crippen molar-refractivity contribution in [1.82, 2.24) is 14.7 Å². The second-order valence-electron chi connectivity index (χ2n) is 12.0. The van der Waals surface area contributed by atoms with E-state index in [0.29, 0.717) is 11.0 Å². The summed E-state index contributed by atoms with van der Waals surface area (Å²) in [6, 6.07) is 1.73. The number of hydrogen-bond donors (Lipinski definition) is 0. The summed E-state index contributed by atoms with van der Waals surface area (Å²) in [5.74, 6) is 2.84. The number of hydrogen-bond acceptors (Lipinski definition) is 3. The first kappa shape index (κ1) is 19.2. The summed E-state index contributed by atoms with van der Waals surface area (Å²) in [6.45, 7) is 22.5. The third kappa shape index (κ3) is 3.73. The molecule has 3 heterocycles. The standard InChI is InChI=1S/C23H43N3/c1-22(2,3)19-14-25(15-19)20-8-7-9-24(16-20)21-10-17-12-26(23(4,5)6)13-18(17)11-21/h17-21H,7-16H2,1-6H3. The molecule has 4 rings (SSSR count). The Hall–Kier alpha value is -0.120. The highest BCUT2D eigenvalue weighted by atomic mass is 15.3. The van der Waals surface area contributed by atoms with Gasteiger partial charge in [-0.2, -0.15) is 0 Å². The molecule has 0 N–H and O–H groups in total. The van der Waals surface area contributed by atoms with Crippen LogP contribution in [0.1, 0.15) is 67.2 Å². The van der Waals surface area contributed by atoms with Crippen LogP contribution in [0.25, 0.3) is 0 Å². The lowest BCUT2D eigenvalue weighted by atomic mass is 9.75. The van der Waals surface area contributed by atoms with Gasteiger partial charge in [0.15, 0.2) is 0 Å². The van der Waals surface area contributed by atoms with Crippen molar-refractivity contribution in [2.75, 3.05) is 39.3 Å². The van der Waals surface area contributed by atoms with Gasteiger partial charge < -0.3 is 0 Å². The predicted octanol–water partition coefficient (Wildman–Crippen LogP) is 3.94. The average Bonchev–Trinajstić information content (AvgIpc) is 3.02. The van der Waals surface area contributed by atoms with E-state index in [1.54, 1.807) is 0 Å². The summed E-state index contributed by atoms with van der Waals surface area (Å²) in [5, 5.41) is 0. The molecule has 0 amide bonds. The molecule has 0 spiro atoms. The van der Waals surface area contributed by atoms with Crippen LogP contribution < -0.4 is 0 Å². The zero-order valence-electron chi connectivity index (χ0n) is 18.3. The Kier molecular flexibility index (Phi) is 4.98. The van der Waals surface area contributed by atoms with Crippen molar-refractivity contribution in [3.63, 3.8) is 0 Å². The van der Waals surface area contributed by atoms with Gasteiger partial charge in [0.2, 0.25) is 0 Å². The third-order valence-electron chi connectivity index (χ3n) is 8.27. The highest BCUT2D eigenvalue weighted by Gasteiger charge is 2.46. The topological polar surface area (TPSA) is 9.72 Å². The van der Waals surface area contributed by atoms with Crippen molar-refractivity contribution in [2.45, 2.75) is 84.8 Å². The van der Waals surface area contributed by atoms with Gasteiger partial charge in [-0.1, -0.05) is 20.8 Å². The minimum Gasteiger partial charge on any atom is -0.299 e. The maximum Gasteiger partial charge on any atom is 0.0224 e. The first-order chi connectivity index (χ1) is 12.1. The van der Waals surface area contributed by atoms with Crippen LogP contribution in [0.5, 0.6) is 0 Å². The van der Waals surface area contributed by atoms with E-state index in [2.05, 4.69) is 56.2 Å². The molecule has 0 aromatic carbocycles. The smallest absolute Gasteiger partial charge is 0.0224 e. The fourth-order valence-corrected chi connectivity index (χ4v) is 6.09. The lowest BCUT2D eigenvalue weighted by Gasteiger charge is -2.52. The Morgan fingerprint density at radius 2 is 1.31 bits per heavy atom. The molecular formula is C23H43N3. The SMILES string of the molecule is CC(C)(C)C1CN(C2CCCN(C3CC4CN(C(C)(C)C)CC4C3)C2)C1. The van der Waals surface area contributed by atoms with Crippen LogP contribution in [0.2, 0.25) is 0 Å². The van der Waals surface area contributed by atoms with Gasteiger partial charge in [0.05, 0.1) is 0 Å². The quantitative estimate of drug-likeness (QED) is 0.738. The summed E-state index contributed by atoms with van der Waals surface area (Å²) in [4.78, 5) is 8.45. The Morgan fingerprint density at radius 3 is 1.85 bits per heavy atom. The van der Waals surface area contributed by atoms with Crippen LogP contribution in [-0.4, -0.2) is 71.6 Å². The molecule has 1 aliphatic carbocycles. The molecule has 1 saturated carbocycles. The molecule has 3 unspecified atom stereocenters. The van der Waals surface area contributed by atoms with E-state index >= 15 is 0 Å². The molecule has 3 heteroatoms. The molecule has 3 atom stereocenters.